The van der Waals surface area contributed by atoms with Crippen molar-refractivity contribution in [1.82, 2.24) is 10.2 Å². The van der Waals surface area contributed by atoms with Crippen molar-refractivity contribution >= 4 is 5.96 Å². The zero-order valence-corrected chi connectivity index (χ0v) is 17.0. The Morgan fingerprint density at radius 1 is 1.24 bits per heavy atom. The third-order valence-corrected chi connectivity index (χ3v) is 5.78. The number of likely N-dealkylation sites (tertiary alicyclic amines) is 1. The first kappa shape index (κ1) is 19.6. The smallest absolute Gasteiger partial charge is 0.189 e. The topological polar surface area (TPSA) is 72.1 Å². The Kier molecular flexibility index (Phi) is 6.20. The summed E-state index contributed by atoms with van der Waals surface area (Å²) < 4.78 is 11.2. The monoisotopic (exact) mass is 394 g/mol. The molecule has 2 unspecified atom stereocenters. The molecule has 1 saturated heterocycles. The number of aliphatic imine (C=N–C) groups is 1. The molecule has 1 fully saturated rings. The van der Waals surface area contributed by atoms with Crippen molar-refractivity contribution in [1.29, 1.82) is 0 Å². The van der Waals surface area contributed by atoms with Crippen LogP contribution in [0, 0.1) is 0 Å². The molecule has 2 aromatic rings. The maximum Gasteiger partial charge on any atom is 0.189 e. The second-order valence-corrected chi connectivity index (χ2v) is 7.63. The molecule has 154 valence electrons. The highest BCUT2D eigenvalue weighted by Crippen LogP contribution is 2.31. The average Bonchev–Trinajstić information content (AvgIpc) is 3.29. The fourth-order valence-corrected chi connectivity index (χ4v) is 4.23. The fourth-order valence-electron chi connectivity index (χ4n) is 4.23. The molecule has 3 N–H and O–H groups in total. The molecule has 0 aliphatic carbocycles. The van der Waals surface area contributed by atoms with E-state index in [4.69, 9.17) is 20.2 Å². The minimum atomic E-state index is 0.130. The minimum Gasteiger partial charge on any atom is -0.497 e. The van der Waals surface area contributed by atoms with E-state index in [9.17, 15) is 0 Å². The van der Waals surface area contributed by atoms with E-state index in [1.807, 2.05) is 30.3 Å². The molecule has 0 saturated carbocycles. The molecule has 0 aromatic heterocycles. The number of hydrogen-bond donors (Lipinski definition) is 2. The van der Waals surface area contributed by atoms with Gasteiger partial charge < -0.3 is 20.5 Å². The molecule has 2 aliphatic heterocycles. The molecule has 2 aromatic carbocycles. The SMILES string of the molecule is COc1cccc(C(CN=C(N)NC2CCOc3ccccc32)N2CCCC2)c1. The maximum absolute atomic E-state index is 6.30. The molecule has 29 heavy (non-hydrogen) atoms. The van der Waals surface area contributed by atoms with Crippen molar-refractivity contribution < 1.29 is 9.47 Å². The molecule has 6 nitrogen and oxygen atoms in total. The highest BCUT2D eigenvalue weighted by atomic mass is 16.5. The Morgan fingerprint density at radius 2 is 2.07 bits per heavy atom. The number of rotatable bonds is 6. The molecule has 2 heterocycles. The standard InChI is InChI=1S/C23H30N4O2/c1-28-18-8-6-7-17(15-18)21(27-12-4-5-13-27)16-25-23(24)26-20-11-14-29-22-10-3-2-9-19(20)22/h2-3,6-10,15,20-21H,4-5,11-14,16H2,1H3,(H3,24,25,26). The summed E-state index contributed by atoms with van der Waals surface area (Å²) in [5, 5.41) is 3.40. The van der Waals surface area contributed by atoms with E-state index in [0.717, 1.165) is 36.6 Å². The van der Waals surface area contributed by atoms with Crippen molar-refractivity contribution in [3.05, 3.63) is 59.7 Å². The van der Waals surface area contributed by atoms with Crippen LogP contribution in [0.5, 0.6) is 11.5 Å². The van der Waals surface area contributed by atoms with Gasteiger partial charge in [0.05, 0.1) is 32.3 Å². The van der Waals surface area contributed by atoms with E-state index in [2.05, 4.69) is 28.4 Å². The van der Waals surface area contributed by atoms with Crippen LogP contribution in [0.25, 0.3) is 0 Å². The van der Waals surface area contributed by atoms with Crippen LogP contribution in [0.15, 0.2) is 53.5 Å². The van der Waals surface area contributed by atoms with E-state index >= 15 is 0 Å². The molecule has 0 amide bonds. The quantitative estimate of drug-likeness (QED) is 0.581. The summed E-state index contributed by atoms with van der Waals surface area (Å²) in [6, 6.07) is 16.7. The lowest BCUT2D eigenvalue weighted by Crippen LogP contribution is -2.38. The highest BCUT2D eigenvalue weighted by Gasteiger charge is 2.25. The first-order valence-corrected chi connectivity index (χ1v) is 10.4. The van der Waals surface area contributed by atoms with Gasteiger partial charge in [-0.25, -0.2) is 0 Å². The van der Waals surface area contributed by atoms with Gasteiger partial charge in [-0.1, -0.05) is 30.3 Å². The van der Waals surface area contributed by atoms with Crippen molar-refractivity contribution in [2.45, 2.75) is 31.3 Å². The van der Waals surface area contributed by atoms with Crippen molar-refractivity contribution in [2.24, 2.45) is 10.7 Å². The Balaban J connectivity index is 1.48. The second kappa shape index (κ2) is 9.18. The summed E-state index contributed by atoms with van der Waals surface area (Å²) in [6.45, 7) is 3.50. The number of para-hydroxylation sites is 1. The van der Waals surface area contributed by atoms with Gasteiger partial charge in [0.15, 0.2) is 5.96 Å². The van der Waals surface area contributed by atoms with Gasteiger partial charge >= 0.3 is 0 Å². The molecule has 2 aliphatic rings. The molecule has 0 bridgehead atoms. The summed E-state index contributed by atoms with van der Waals surface area (Å²) in [7, 11) is 1.70. The van der Waals surface area contributed by atoms with Crippen molar-refractivity contribution in [2.75, 3.05) is 33.4 Å². The zero-order chi connectivity index (χ0) is 20.1. The largest absolute Gasteiger partial charge is 0.497 e. The van der Waals surface area contributed by atoms with Crippen LogP contribution in [0.4, 0.5) is 0 Å². The van der Waals surface area contributed by atoms with Gasteiger partial charge in [0, 0.05) is 12.0 Å². The Morgan fingerprint density at radius 3 is 2.90 bits per heavy atom. The number of guanidine groups is 1. The van der Waals surface area contributed by atoms with Gasteiger partial charge in [0.25, 0.3) is 0 Å². The summed E-state index contributed by atoms with van der Waals surface area (Å²) in [4.78, 5) is 7.22. The van der Waals surface area contributed by atoms with Crippen LogP contribution in [0.1, 0.15) is 42.5 Å². The van der Waals surface area contributed by atoms with Gasteiger partial charge in [0.1, 0.15) is 11.5 Å². The predicted molar refractivity (Wildman–Crippen MR) is 115 cm³/mol. The van der Waals surface area contributed by atoms with Crippen molar-refractivity contribution in [3.63, 3.8) is 0 Å². The maximum atomic E-state index is 6.30. The third kappa shape index (κ3) is 4.65. The lowest BCUT2D eigenvalue weighted by Gasteiger charge is -2.28. The molecule has 2 atom stereocenters. The lowest BCUT2D eigenvalue weighted by atomic mass is 10.0. The van der Waals surface area contributed by atoms with Gasteiger partial charge in [-0.05, 0) is 49.7 Å². The van der Waals surface area contributed by atoms with Gasteiger partial charge in [-0.3, -0.25) is 9.89 Å². The van der Waals surface area contributed by atoms with E-state index in [1.54, 1.807) is 7.11 Å². The first-order chi connectivity index (χ1) is 14.2. The molecule has 6 heteroatoms. The molecular formula is C23H30N4O2. The average molecular weight is 395 g/mol. The van der Waals surface area contributed by atoms with Crippen LogP contribution in [-0.2, 0) is 0 Å². The van der Waals surface area contributed by atoms with Crippen LogP contribution in [0.2, 0.25) is 0 Å². The number of methoxy groups -OCH3 is 1. The van der Waals surface area contributed by atoms with Crippen molar-refractivity contribution in [3.8, 4) is 11.5 Å². The fraction of sp³-hybridized carbons (Fsp3) is 0.435. The number of nitrogens with one attached hydrogen (secondary N) is 1. The summed E-state index contributed by atoms with van der Waals surface area (Å²) in [5.41, 5.74) is 8.66. The zero-order valence-electron chi connectivity index (χ0n) is 17.0. The van der Waals surface area contributed by atoms with Crippen LogP contribution in [-0.4, -0.2) is 44.2 Å². The van der Waals surface area contributed by atoms with E-state index in [1.165, 1.54) is 18.4 Å². The summed E-state index contributed by atoms with van der Waals surface area (Å²) in [6.07, 6.45) is 3.34. The number of fused-ring (bicyclic) bond motifs is 1. The Hall–Kier alpha value is -2.73. The van der Waals surface area contributed by atoms with Crippen LogP contribution >= 0.6 is 0 Å². The molecule has 4 rings (SSSR count). The van der Waals surface area contributed by atoms with E-state index in [-0.39, 0.29) is 12.1 Å². The number of ether oxygens (including phenoxy) is 2. The Bertz CT molecular complexity index is 848. The van der Waals surface area contributed by atoms with E-state index < -0.39 is 0 Å². The van der Waals surface area contributed by atoms with Crippen LogP contribution in [0.3, 0.4) is 0 Å². The Labute approximate surface area is 172 Å². The normalized spacial score (nSPS) is 20.6. The summed E-state index contributed by atoms with van der Waals surface area (Å²) >= 11 is 0. The predicted octanol–water partition coefficient (Wildman–Crippen LogP) is 3.26. The van der Waals surface area contributed by atoms with Gasteiger partial charge in [0.2, 0.25) is 0 Å². The first-order valence-electron chi connectivity index (χ1n) is 10.4. The van der Waals surface area contributed by atoms with Crippen LogP contribution < -0.4 is 20.5 Å². The number of nitrogens with two attached hydrogens (primary N) is 1. The molecule has 0 radical (unpaired) electrons. The minimum absolute atomic E-state index is 0.130. The van der Waals surface area contributed by atoms with E-state index in [0.29, 0.717) is 19.1 Å². The van der Waals surface area contributed by atoms with Gasteiger partial charge in [-0.2, -0.15) is 0 Å². The highest BCUT2D eigenvalue weighted by molar-refractivity contribution is 5.78. The number of nitrogens with zero attached hydrogens (tertiary/aromatic N) is 2. The molecular weight excluding hydrogens is 364 g/mol. The third-order valence-electron chi connectivity index (χ3n) is 5.78. The number of hydrogen-bond acceptors (Lipinski definition) is 4. The number of benzene rings is 2. The summed E-state index contributed by atoms with van der Waals surface area (Å²) in [5.74, 6) is 2.29. The second-order valence-electron chi connectivity index (χ2n) is 7.63. The van der Waals surface area contributed by atoms with Gasteiger partial charge in [-0.15, -0.1) is 0 Å². The lowest BCUT2D eigenvalue weighted by molar-refractivity contribution is 0.250. The molecule has 0 spiro atoms.